The number of nitrogens with zero attached hydrogens (tertiary/aromatic N) is 3. The van der Waals surface area contributed by atoms with Crippen molar-refractivity contribution in [1.82, 2.24) is 15.0 Å². The van der Waals surface area contributed by atoms with Gasteiger partial charge in [-0.05, 0) is 6.07 Å². The maximum atomic E-state index is 11.4. The Morgan fingerprint density at radius 1 is 1.29 bits per heavy atom. The van der Waals surface area contributed by atoms with Gasteiger partial charge in [-0.2, -0.15) is 5.26 Å². The molecule has 0 aliphatic rings. The van der Waals surface area contributed by atoms with Gasteiger partial charge < -0.3 is 4.98 Å². The molecule has 2 heterocycles. The van der Waals surface area contributed by atoms with Crippen LogP contribution < -0.4 is 5.56 Å². The van der Waals surface area contributed by atoms with E-state index in [9.17, 15) is 4.79 Å². The minimum atomic E-state index is -0.537. The number of pyridine rings is 1. The maximum Gasteiger partial charge on any atom is 0.269 e. The number of aromatic nitrogens is 3. The van der Waals surface area contributed by atoms with Crippen LogP contribution in [0.2, 0.25) is 10.0 Å². The second-order valence-corrected chi connectivity index (χ2v) is 3.91. The molecule has 2 aromatic rings. The molecule has 0 spiro atoms. The van der Waals surface area contributed by atoms with Gasteiger partial charge in [-0.15, -0.1) is 0 Å². The molecule has 2 rings (SSSR count). The molecule has 2 aromatic heterocycles. The van der Waals surface area contributed by atoms with E-state index in [0.717, 1.165) is 0 Å². The predicted octanol–water partition coefficient (Wildman–Crippen LogP) is 2.01. The number of halogens is 2. The average molecular weight is 267 g/mol. The van der Waals surface area contributed by atoms with Gasteiger partial charge in [0.05, 0.1) is 16.2 Å². The number of H-pyrrole nitrogens is 1. The van der Waals surface area contributed by atoms with Crippen molar-refractivity contribution in [2.45, 2.75) is 0 Å². The van der Waals surface area contributed by atoms with Crippen LogP contribution in [0.1, 0.15) is 5.56 Å². The third-order valence-corrected chi connectivity index (χ3v) is 2.45. The van der Waals surface area contributed by atoms with Crippen molar-refractivity contribution in [3.05, 3.63) is 44.4 Å². The molecule has 0 bridgehead atoms. The first-order valence-corrected chi connectivity index (χ1v) is 5.18. The summed E-state index contributed by atoms with van der Waals surface area (Å²) in [6.07, 6.45) is 2.56. The molecule has 0 saturated carbocycles. The van der Waals surface area contributed by atoms with Crippen LogP contribution in [0.5, 0.6) is 0 Å². The molecule has 0 amide bonds. The Kier molecular flexibility index (Phi) is 3.09. The zero-order valence-corrected chi connectivity index (χ0v) is 9.75. The molecular weight excluding hydrogens is 263 g/mol. The molecule has 0 atom stereocenters. The van der Waals surface area contributed by atoms with Gasteiger partial charge in [0, 0.05) is 6.20 Å². The first-order valence-electron chi connectivity index (χ1n) is 4.42. The van der Waals surface area contributed by atoms with Crippen LogP contribution in [0, 0.1) is 11.3 Å². The van der Waals surface area contributed by atoms with Gasteiger partial charge in [0.1, 0.15) is 17.3 Å². The van der Waals surface area contributed by atoms with Crippen LogP contribution in [0.3, 0.4) is 0 Å². The summed E-state index contributed by atoms with van der Waals surface area (Å²) in [7, 11) is 0. The lowest BCUT2D eigenvalue weighted by atomic mass is 10.3. The fraction of sp³-hybridized carbons (Fsp3) is 0. The number of rotatable bonds is 1. The Morgan fingerprint density at radius 2 is 2.06 bits per heavy atom. The summed E-state index contributed by atoms with van der Waals surface area (Å²) in [6, 6.07) is 3.21. The van der Waals surface area contributed by atoms with Crippen molar-refractivity contribution in [3.8, 4) is 17.6 Å². The molecular formula is C10H4Cl2N4O. The van der Waals surface area contributed by atoms with Crippen LogP contribution in [0.15, 0.2) is 23.3 Å². The van der Waals surface area contributed by atoms with E-state index in [-0.39, 0.29) is 16.4 Å². The maximum absolute atomic E-state index is 11.4. The van der Waals surface area contributed by atoms with Gasteiger partial charge in [-0.25, -0.2) is 9.97 Å². The van der Waals surface area contributed by atoms with Gasteiger partial charge in [0.15, 0.2) is 5.82 Å². The Balaban J connectivity index is 2.58. The van der Waals surface area contributed by atoms with Gasteiger partial charge in [0.2, 0.25) is 0 Å². The van der Waals surface area contributed by atoms with E-state index in [2.05, 4.69) is 15.0 Å². The highest BCUT2D eigenvalue weighted by Crippen LogP contribution is 2.24. The standard InChI is InChI=1S/C10H4Cl2N4O/c11-6-1-7(12)8(14-4-6)9-15-3-5(2-13)10(17)16-9/h1,3-4H,(H,15,16,17). The first kappa shape index (κ1) is 11.6. The second kappa shape index (κ2) is 4.53. The van der Waals surface area contributed by atoms with E-state index in [0.29, 0.717) is 10.7 Å². The monoisotopic (exact) mass is 266 g/mol. The average Bonchev–Trinajstić information content (AvgIpc) is 2.29. The van der Waals surface area contributed by atoms with Crippen LogP contribution in [0.25, 0.3) is 11.5 Å². The Bertz CT molecular complexity index is 675. The molecule has 1 N–H and O–H groups in total. The number of hydrogen-bond donors (Lipinski definition) is 1. The molecule has 0 aromatic carbocycles. The van der Waals surface area contributed by atoms with E-state index >= 15 is 0 Å². The summed E-state index contributed by atoms with van der Waals surface area (Å²) in [4.78, 5) is 21.7. The van der Waals surface area contributed by atoms with E-state index in [1.165, 1.54) is 18.5 Å². The van der Waals surface area contributed by atoms with Crippen LogP contribution in [-0.2, 0) is 0 Å². The Morgan fingerprint density at radius 3 is 2.65 bits per heavy atom. The van der Waals surface area contributed by atoms with Crippen LogP contribution >= 0.6 is 23.2 Å². The van der Waals surface area contributed by atoms with Crippen LogP contribution in [-0.4, -0.2) is 15.0 Å². The summed E-state index contributed by atoms with van der Waals surface area (Å²) in [6.45, 7) is 0. The summed E-state index contributed by atoms with van der Waals surface area (Å²) in [5.74, 6) is 0.190. The van der Waals surface area contributed by atoms with Gasteiger partial charge >= 0.3 is 0 Å². The number of aromatic amines is 1. The number of hydrogen-bond acceptors (Lipinski definition) is 4. The summed E-state index contributed by atoms with van der Waals surface area (Å²) >= 11 is 11.6. The van der Waals surface area contributed by atoms with Gasteiger partial charge in [-0.3, -0.25) is 4.79 Å². The molecule has 0 radical (unpaired) electrons. The fourth-order valence-electron chi connectivity index (χ4n) is 1.18. The van der Waals surface area contributed by atoms with Crippen molar-refractivity contribution in [1.29, 1.82) is 5.26 Å². The minimum Gasteiger partial charge on any atom is -0.304 e. The zero-order valence-electron chi connectivity index (χ0n) is 8.24. The summed E-state index contributed by atoms with van der Waals surface area (Å²) < 4.78 is 0. The highest BCUT2D eigenvalue weighted by Gasteiger charge is 2.09. The van der Waals surface area contributed by atoms with Crippen molar-refractivity contribution in [2.75, 3.05) is 0 Å². The Hall–Kier alpha value is -1.90. The highest BCUT2D eigenvalue weighted by molar-refractivity contribution is 6.35. The largest absolute Gasteiger partial charge is 0.304 e. The molecule has 7 heteroatoms. The quantitative estimate of drug-likeness (QED) is 0.856. The smallest absolute Gasteiger partial charge is 0.269 e. The predicted molar refractivity (Wildman–Crippen MR) is 62.8 cm³/mol. The first-order chi connectivity index (χ1) is 8.11. The van der Waals surface area contributed by atoms with Crippen molar-refractivity contribution < 1.29 is 0 Å². The highest BCUT2D eigenvalue weighted by atomic mass is 35.5. The molecule has 0 aliphatic heterocycles. The number of nitriles is 1. The molecule has 0 fully saturated rings. The van der Waals surface area contributed by atoms with E-state index in [1.807, 2.05) is 0 Å². The number of nitrogens with one attached hydrogen (secondary N) is 1. The van der Waals surface area contributed by atoms with E-state index in [4.69, 9.17) is 28.5 Å². The molecule has 5 nitrogen and oxygen atoms in total. The summed E-state index contributed by atoms with van der Waals surface area (Å²) in [5.41, 5.74) is -0.304. The third-order valence-electron chi connectivity index (χ3n) is 1.95. The topological polar surface area (TPSA) is 82.4 Å². The molecule has 0 unspecified atom stereocenters. The zero-order chi connectivity index (χ0) is 12.4. The third kappa shape index (κ3) is 2.28. The molecule has 0 aliphatic carbocycles. The summed E-state index contributed by atoms with van der Waals surface area (Å²) in [5, 5.41) is 9.25. The lowest BCUT2D eigenvalue weighted by Crippen LogP contribution is -2.12. The van der Waals surface area contributed by atoms with Crippen molar-refractivity contribution in [3.63, 3.8) is 0 Å². The van der Waals surface area contributed by atoms with Gasteiger partial charge in [-0.1, -0.05) is 23.2 Å². The normalized spacial score (nSPS) is 9.94. The fourth-order valence-corrected chi connectivity index (χ4v) is 1.65. The lowest BCUT2D eigenvalue weighted by molar-refractivity contribution is 1.09. The van der Waals surface area contributed by atoms with E-state index in [1.54, 1.807) is 6.07 Å². The van der Waals surface area contributed by atoms with E-state index < -0.39 is 5.56 Å². The van der Waals surface area contributed by atoms with Crippen molar-refractivity contribution in [2.24, 2.45) is 0 Å². The van der Waals surface area contributed by atoms with Crippen molar-refractivity contribution >= 4 is 23.2 Å². The molecule has 0 saturated heterocycles. The van der Waals surface area contributed by atoms with Gasteiger partial charge in [0.25, 0.3) is 5.56 Å². The minimum absolute atomic E-state index is 0.0705. The molecule has 84 valence electrons. The second-order valence-electron chi connectivity index (χ2n) is 3.07. The molecule has 17 heavy (non-hydrogen) atoms. The lowest BCUT2D eigenvalue weighted by Gasteiger charge is -2.02. The SMILES string of the molecule is N#Cc1cnc(-c2ncc(Cl)cc2Cl)[nH]c1=O. The van der Waals surface area contributed by atoms with Crippen LogP contribution in [0.4, 0.5) is 0 Å². The Labute approximate surface area is 106 Å².